The van der Waals surface area contributed by atoms with Gasteiger partial charge >= 0.3 is 17.9 Å². The van der Waals surface area contributed by atoms with E-state index in [0.717, 1.165) is 5.56 Å². The Morgan fingerprint density at radius 2 is 1.26 bits per heavy atom. The third-order valence-corrected chi connectivity index (χ3v) is 9.03. The number of carbonyl (C=O) groups excluding carboxylic acids is 3. The molecule has 2 aliphatic rings. The molecule has 12 nitrogen and oxygen atoms in total. The largest absolute Gasteiger partial charge is 0.459 e. The Hall–Kier alpha value is -2.58. The predicted molar refractivity (Wildman–Crippen MR) is 147 cm³/mol. The van der Waals surface area contributed by atoms with Crippen LogP contribution in [-0.4, -0.2) is 76.0 Å². The summed E-state index contributed by atoms with van der Waals surface area (Å²) in [5.41, 5.74) is 0.884. The molecule has 1 unspecified atom stereocenters. The SMILES string of the molecule is CC[C@H]1O[C@H](O[C@H]2O[C@H](COS(=O)(=O)c3ccc(C)cc3)C(OC(C)=O)[C@H](C)[C@H]2C)[C@H](OC(C)=O)[C@@H](OC(C)=O)[C@@H]1C. The summed E-state index contributed by atoms with van der Waals surface area (Å²) < 4.78 is 66.4. The van der Waals surface area contributed by atoms with Crippen molar-refractivity contribution >= 4 is 28.0 Å². The molecule has 10 atom stereocenters. The van der Waals surface area contributed by atoms with Gasteiger partial charge in [-0.3, -0.25) is 18.6 Å². The molecule has 2 fully saturated rings. The highest BCUT2D eigenvalue weighted by Crippen LogP contribution is 2.38. The summed E-state index contributed by atoms with van der Waals surface area (Å²) in [6.45, 7) is 12.5. The average Bonchev–Trinajstić information content (AvgIpc) is 2.90. The van der Waals surface area contributed by atoms with E-state index in [2.05, 4.69) is 0 Å². The Labute approximate surface area is 247 Å². The van der Waals surface area contributed by atoms with Gasteiger partial charge in [-0.25, -0.2) is 0 Å². The molecule has 2 saturated heterocycles. The van der Waals surface area contributed by atoms with Crippen molar-refractivity contribution in [3.8, 4) is 0 Å². The zero-order valence-corrected chi connectivity index (χ0v) is 26.1. The number of carbonyl (C=O) groups is 3. The van der Waals surface area contributed by atoms with E-state index in [4.69, 9.17) is 32.6 Å². The maximum absolute atomic E-state index is 12.9. The molecule has 2 aliphatic heterocycles. The monoisotopic (exact) mass is 614 g/mol. The maximum Gasteiger partial charge on any atom is 0.303 e. The lowest BCUT2D eigenvalue weighted by atomic mass is 9.84. The predicted octanol–water partition coefficient (Wildman–Crippen LogP) is 3.28. The van der Waals surface area contributed by atoms with Gasteiger partial charge in [0.25, 0.3) is 10.1 Å². The number of benzene rings is 1. The van der Waals surface area contributed by atoms with Crippen LogP contribution in [0.4, 0.5) is 0 Å². The molecule has 0 aliphatic carbocycles. The highest BCUT2D eigenvalue weighted by molar-refractivity contribution is 7.86. The molecule has 1 aromatic rings. The highest BCUT2D eigenvalue weighted by atomic mass is 32.2. The molecule has 1 aromatic carbocycles. The average molecular weight is 615 g/mol. The van der Waals surface area contributed by atoms with E-state index in [1.54, 1.807) is 12.1 Å². The van der Waals surface area contributed by atoms with Crippen LogP contribution in [0.3, 0.4) is 0 Å². The van der Waals surface area contributed by atoms with Crippen molar-refractivity contribution in [2.45, 2.75) is 110 Å². The van der Waals surface area contributed by atoms with Gasteiger partial charge in [0.2, 0.25) is 6.29 Å². The van der Waals surface area contributed by atoms with Crippen molar-refractivity contribution in [2.75, 3.05) is 6.61 Å². The van der Waals surface area contributed by atoms with Gasteiger partial charge in [-0.15, -0.1) is 0 Å². The van der Waals surface area contributed by atoms with Crippen molar-refractivity contribution in [1.29, 1.82) is 0 Å². The van der Waals surface area contributed by atoms with Crippen LogP contribution < -0.4 is 0 Å². The first-order chi connectivity index (χ1) is 19.6. The van der Waals surface area contributed by atoms with E-state index in [1.165, 1.54) is 32.9 Å². The molecule has 0 saturated carbocycles. The molecular formula is C29H42O12S. The smallest absolute Gasteiger partial charge is 0.303 e. The second-order valence-corrected chi connectivity index (χ2v) is 12.6. The van der Waals surface area contributed by atoms with Gasteiger partial charge in [0.1, 0.15) is 18.3 Å². The molecule has 236 valence electrons. The lowest BCUT2D eigenvalue weighted by Gasteiger charge is -2.48. The third kappa shape index (κ3) is 8.28. The first kappa shape index (κ1) is 33.9. The second kappa shape index (κ2) is 14.3. The summed E-state index contributed by atoms with van der Waals surface area (Å²) in [4.78, 5) is 35.9. The summed E-state index contributed by atoms with van der Waals surface area (Å²) in [6.07, 6.45) is -5.86. The fourth-order valence-corrected chi connectivity index (χ4v) is 6.20. The molecule has 0 bridgehead atoms. The molecule has 42 heavy (non-hydrogen) atoms. The molecule has 0 N–H and O–H groups in total. The quantitative estimate of drug-likeness (QED) is 0.216. The van der Waals surface area contributed by atoms with Crippen molar-refractivity contribution in [2.24, 2.45) is 17.8 Å². The van der Waals surface area contributed by atoms with Crippen LogP contribution in [0.25, 0.3) is 0 Å². The van der Waals surface area contributed by atoms with Gasteiger partial charge in [0, 0.05) is 38.5 Å². The van der Waals surface area contributed by atoms with E-state index in [1.807, 2.05) is 34.6 Å². The van der Waals surface area contributed by atoms with E-state index in [9.17, 15) is 22.8 Å². The summed E-state index contributed by atoms with van der Waals surface area (Å²) >= 11 is 0. The molecule has 13 heteroatoms. The summed E-state index contributed by atoms with van der Waals surface area (Å²) in [5, 5.41) is 0. The minimum atomic E-state index is -4.15. The first-order valence-corrected chi connectivity index (χ1v) is 15.5. The Kier molecular flexibility index (Phi) is 11.5. The number of rotatable bonds is 10. The molecule has 2 heterocycles. The molecule has 0 amide bonds. The van der Waals surface area contributed by atoms with Crippen LogP contribution in [-0.2, 0) is 57.1 Å². The fraction of sp³-hybridized carbons (Fsp3) is 0.690. The second-order valence-electron chi connectivity index (χ2n) is 11.0. The van der Waals surface area contributed by atoms with Crippen LogP contribution in [0, 0.1) is 24.7 Å². The van der Waals surface area contributed by atoms with E-state index in [0.29, 0.717) is 6.42 Å². The van der Waals surface area contributed by atoms with E-state index >= 15 is 0 Å². The number of hydrogen-bond donors (Lipinski definition) is 0. The minimum absolute atomic E-state index is 0.0294. The molecular weight excluding hydrogens is 572 g/mol. The standard InChI is InChI=1S/C29H42O12S/c1-9-23-18(5)26(37-20(7)31)27(38-21(8)32)29(39-23)41-28-17(4)16(3)25(36-19(6)30)24(40-28)14-35-42(33,34)22-12-10-15(2)11-13-22/h10-13,16-18,23-29H,9,14H2,1-8H3/t16-,17-,18-,23-,24-,25?,26+,27-,28-,29-/m1/s1. The Balaban J connectivity index is 1.87. The zero-order valence-electron chi connectivity index (χ0n) is 25.3. The van der Waals surface area contributed by atoms with Crippen LogP contribution in [0.5, 0.6) is 0 Å². The third-order valence-electron chi connectivity index (χ3n) is 7.73. The van der Waals surface area contributed by atoms with Gasteiger partial charge in [-0.05, 0) is 25.5 Å². The lowest BCUT2D eigenvalue weighted by Crippen LogP contribution is -2.60. The van der Waals surface area contributed by atoms with Gasteiger partial charge < -0.3 is 28.4 Å². The normalized spacial score (nSPS) is 33.4. The van der Waals surface area contributed by atoms with Crippen LogP contribution in [0.15, 0.2) is 29.2 Å². The van der Waals surface area contributed by atoms with Gasteiger partial charge in [0.05, 0.1) is 17.6 Å². The highest BCUT2D eigenvalue weighted by Gasteiger charge is 2.51. The van der Waals surface area contributed by atoms with Crippen molar-refractivity contribution in [1.82, 2.24) is 0 Å². The zero-order chi connectivity index (χ0) is 31.4. The number of esters is 3. The number of aryl methyl sites for hydroxylation is 1. The van der Waals surface area contributed by atoms with Crippen molar-refractivity contribution in [3.63, 3.8) is 0 Å². The van der Waals surface area contributed by atoms with Gasteiger partial charge in [0.15, 0.2) is 12.4 Å². The minimum Gasteiger partial charge on any atom is -0.459 e. The van der Waals surface area contributed by atoms with Crippen LogP contribution in [0.1, 0.15) is 60.5 Å². The molecule has 0 radical (unpaired) electrons. The topological polar surface area (TPSA) is 150 Å². The number of hydrogen-bond acceptors (Lipinski definition) is 12. The fourth-order valence-electron chi connectivity index (χ4n) is 5.28. The van der Waals surface area contributed by atoms with Gasteiger partial charge in [-0.1, -0.05) is 45.4 Å². The van der Waals surface area contributed by atoms with Crippen LogP contribution >= 0.6 is 0 Å². The molecule has 0 spiro atoms. The maximum atomic E-state index is 12.9. The number of ether oxygens (including phenoxy) is 6. The molecule has 3 rings (SSSR count). The van der Waals surface area contributed by atoms with E-state index in [-0.39, 0.29) is 16.7 Å². The van der Waals surface area contributed by atoms with Crippen molar-refractivity contribution in [3.05, 3.63) is 29.8 Å². The summed E-state index contributed by atoms with van der Waals surface area (Å²) in [6, 6.07) is 6.18. The lowest BCUT2D eigenvalue weighted by molar-refractivity contribution is -0.360. The van der Waals surface area contributed by atoms with Gasteiger partial charge in [-0.2, -0.15) is 8.42 Å². The summed E-state index contributed by atoms with van der Waals surface area (Å²) in [7, 11) is -4.15. The Bertz CT molecular complexity index is 1200. The Morgan fingerprint density at radius 1 is 0.738 bits per heavy atom. The summed E-state index contributed by atoms with van der Waals surface area (Å²) in [5.74, 6) is -2.82. The Morgan fingerprint density at radius 3 is 1.81 bits per heavy atom. The first-order valence-electron chi connectivity index (χ1n) is 14.1. The van der Waals surface area contributed by atoms with E-state index < -0.39 is 83.7 Å². The van der Waals surface area contributed by atoms with Crippen LogP contribution in [0.2, 0.25) is 0 Å². The molecule has 0 aromatic heterocycles. The van der Waals surface area contributed by atoms with Crippen molar-refractivity contribution < 1.29 is 55.4 Å².